The molecule has 0 aliphatic heterocycles. The van der Waals surface area contributed by atoms with Gasteiger partial charge in [0.1, 0.15) is 5.70 Å². The first-order valence-corrected chi connectivity index (χ1v) is 4.17. The fraction of sp³-hybridized carbons (Fsp3) is 0.500. The molecule has 0 heterocycles. The van der Waals surface area contributed by atoms with E-state index in [1.807, 2.05) is 0 Å². The monoisotopic (exact) mass is 219 g/mol. The predicted molar refractivity (Wildman–Crippen MR) is 49.1 cm³/mol. The lowest BCUT2D eigenvalue weighted by Crippen LogP contribution is -2.33. The highest BCUT2D eigenvalue weighted by molar-refractivity contribution is 5.94. The third-order valence-corrected chi connectivity index (χ3v) is 1.56. The minimum absolute atomic E-state index is 0.0496. The first-order valence-electron chi connectivity index (χ1n) is 4.17. The van der Waals surface area contributed by atoms with Crippen LogP contribution in [0.3, 0.4) is 0 Å². The zero-order chi connectivity index (χ0) is 11.8. The largest absolute Gasteiger partial charge is 0.478 e. The van der Waals surface area contributed by atoms with E-state index >= 15 is 0 Å². The molecular weight excluding hydrogens is 206 g/mol. The molecule has 0 aromatic heterocycles. The summed E-state index contributed by atoms with van der Waals surface area (Å²) in [5.74, 6) is -2.81. The Morgan fingerprint density at radius 3 is 1.80 bits per heavy atom. The van der Waals surface area contributed by atoms with Gasteiger partial charge in [-0.15, -0.1) is 0 Å². The van der Waals surface area contributed by atoms with Gasteiger partial charge < -0.3 is 25.3 Å². The number of carboxylic acid groups (broad SMARTS) is 2. The van der Waals surface area contributed by atoms with Crippen LogP contribution in [0.15, 0.2) is 11.8 Å². The first-order chi connectivity index (χ1) is 7.02. The minimum Gasteiger partial charge on any atom is -0.478 e. The Bertz CT molecular complexity index is 256. The minimum atomic E-state index is -1.42. The molecule has 0 aromatic carbocycles. The van der Waals surface area contributed by atoms with Crippen molar-refractivity contribution < 1.29 is 30.0 Å². The number of hydrogen-bond donors (Lipinski definition) is 4. The Hall–Kier alpha value is -1.60. The summed E-state index contributed by atoms with van der Waals surface area (Å²) in [7, 11) is 0. The highest BCUT2D eigenvalue weighted by Gasteiger charge is 2.17. The quantitative estimate of drug-likeness (QED) is 0.378. The summed E-state index contributed by atoms with van der Waals surface area (Å²) < 4.78 is 0. The van der Waals surface area contributed by atoms with E-state index in [-0.39, 0.29) is 26.3 Å². The summed E-state index contributed by atoms with van der Waals surface area (Å²) in [5, 5.41) is 34.4. The lowest BCUT2D eigenvalue weighted by molar-refractivity contribution is -0.136. The second kappa shape index (κ2) is 6.80. The van der Waals surface area contributed by atoms with Crippen molar-refractivity contribution in [3.63, 3.8) is 0 Å². The second-order valence-electron chi connectivity index (χ2n) is 2.61. The number of carbonyl (C=O) groups is 2. The summed E-state index contributed by atoms with van der Waals surface area (Å²) >= 11 is 0. The molecule has 0 aromatic rings. The lowest BCUT2D eigenvalue weighted by atomic mass is 10.3. The van der Waals surface area contributed by atoms with Gasteiger partial charge in [-0.1, -0.05) is 0 Å². The van der Waals surface area contributed by atoms with Crippen LogP contribution in [-0.2, 0) is 9.59 Å². The van der Waals surface area contributed by atoms with Gasteiger partial charge in [0.15, 0.2) is 0 Å². The van der Waals surface area contributed by atoms with Gasteiger partial charge in [0.25, 0.3) is 0 Å². The summed E-state index contributed by atoms with van der Waals surface area (Å²) in [6.45, 7) is -0.758. The number of hydrogen-bond acceptors (Lipinski definition) is 5. The van der Waals surface area contributed by atoms with Gasteiger partial charge in [-0.2, -0.15) is 0 Å². The molecule has 0 fully saturated rings. The molecular formula is C8H13NO6. The van der Waals surface area contributed by atoms with Gasteiger partial charge in [-0.05, 0) is 0 Å². The molecule has 0 spiro atoms. The van der Waals surface area contributed by atoms with Gasteiger partial charge in [0.2, 0.25) is 0 Å². The third-order valence-electron chi connectivity index (χ3n) is 1.56. The van der Waals surface area contributed by atoms with E-state index in [2.05, 4.69) is 0 Å². The molecule has 0 aliphatic carbocycles. The number of aliphatic carboxylic acids is 2. The third kappa shape index (κ3) is 4.99. The van der Waals surface area contributed by atoms with Crippen molar-refractivity contribution in [2.75, 3.05) is 26.3 Å². The summed E-state index contributed by atoms with van der Waals surface area (Å²) in [6.07, 6.45) is 0.521. The Kier molecular flexibility index (Phi) is 6.07. The Labute approximate surface area is 85.9 Å². The first kappa shape index (κ1) is 13.4. The molecule has 0 rings (SSSR count). The molecule has 86 valence electrons. The summed E-state index contributed by atoms with van der Waals surface area (Å²) in [5.41, 5.74) is -0.467. The predicted octanol–water partition coefficient (Wildman–Crippen LogP) is -1.67. The molecule has 0 radical (unpaired) electrons. The van der Waals surface area contributed by atoms with Crippen LogP contribution in [0.2, 0.25) is 0 Å². The summed E-state index contributed by atoms with van der Waals surface area (Å²) in [4.78, 5) is 22.1. The second-order valence-corrected chi connectivity index (χ2v) is 2.61. The van der Waals surface area contributed by atoms with Crippen LogP contribution in [-0.4, -0.2) is 63.6 Å². The van der Waals surface area contributed by atoms with Crippen molar-refractivity contribution in [2.24, 2.45) is 0 Å². The van der Waals surface area contributed by atoms with Gasteiger partial charge in [-0.25, -0.2) is 9.59 Å². The van der Waals surface area contributed by atoms with E-state index in [1.165, 1.54) is 0 Å². The molecule has 0 amide bonds. The highest BCUT2D eigenvalue weighted by Crippen LogP contribution is 2.03. The van der Waals surface area contributed by atoms with Crippen LogP contribution < -0.4 is 0 Å². The van der Waals surface area contributed by atoms with Crippen molar-refractivity contribution in [3.8, 4) is 0 Å². The Morgan fingerprint density at radius 1 is 1.07 bits per heavy atom. The number of nitrogens with zero attached hydrogens (tertiary/aromatic N) is 1. The van der Waals surface area contributed by atoms with Crippen molar-refractivity contribution in [3.05, 3.63) is 11.8 Å². The molecule has 4 N–H and O–H groups in total. The van der Waals surface area contributed by atoms with E-state index in [9.17, 15) is 9.59 Å². The van der Waals surface area contributed by atoms with Crippen LogP contribution in [0.5, 0.6) is 0 Å². The number of aliphatic hydroxyl groups is 2. The number of carboxylic acids is 2. The molecule has 0 atom stereocenters. The fourth-order valence-corrected chi connectivity index (χ4v) is 0.999. The van der Waals surface area contributed by atoms with Crippen molar-refractivity contribution in [2.45, 2.75) is 0 Å². The van der Waals surface area contributed by atoms with Crippen LogP contribution in [0.25, 0.3) is 0 Å². The average Bonchev–Trinajstić information content (AvgIpc) is 2.13. The van der Waals surface area contributed by atoms with Crippen LogP contribution in [0.4, 0.5) is 0 Å². The van der Waals surface area contributed by atoms with E-state index in [4.69, 9.17) is 20.4 Å². The number of rotatable bonds is 7. The zero-order valence-corrected chi connectivity index (χ0v) is 7.96. The standard InChI is InChI=1S/C8H13NO6/c10-3-1-9(2-4-11)6(8(14)15)5-7(12)13/h5,10-11H,1-4H2,(H,12,13)(H,14,15)/b6-5-. The van der Waals surface area contributed by atoms with E-state index in [0.29, 0.717) is 6.08 Å². The van der Waals surface area contributed by atoms with Crippen LogP contribution in [0.1, 0.15) is 0 Å². The van der Waals surface area contributed by atoms with E-state index in [0.717, 1.165) is 4.90 Å². The van der Waals surface area contributed by atoms with E-state index < -0.39 is 17.6 Å². The van der Waals surface area contributed by atoms with Crippen LogP contribution in [0, 0.1) is 0 Å². The molecule has 7 heteroatoms. The van der Waals surface area contributed by atoms with E-state index in [1.54, 1.807) is 0 Å². The molecule has 0 saturated carbocycles. The smallest absolute Gasteiger partial charge is 0.352 e. The van der Waals surface area contributed by atoms with Crippen LogP contribution >= 0.6 is 0 Å². The van der Waals surface area contributed by atoms with Gasteiger partial charge in [-0.3, -0.25) is 0 Å². The highest BCUT2D eigenvalue weighted by atomic mass is 16.4. The molecule has 0 aliphatic rings. The maximum atomic E-state index is 10.7. The molecule has 15 heavy (non-hydrogen) atoms. The van der Waals surface area contributed by atoms with Gasteiger partial charge in [0, 0.05) is 13.1 Å². The normalized spacial score (nSPS) is 11.2. The lowest BCUT2D eigenvalue weighted by Gasteiger charge is -2.22. The molecule has 0 unspecified atom stereocenters. The Balaban J connectivity index is 4.82. The molecule has 0 saturated heterocycles. The van der Waals surface area contributed by atoms with Gasteiger partial charge in [0.05, 0.1) is 19.3 Å². The fourth-order valence-electron chi connectivity index (χ4n) is 0.999. The zero-order valence-electron chi connectivity index (χ0n) is 7.96. The molecule has 7 nitrogen and oxygen atoms in total. The van der Waals surface area contributed by atoms with Crippen molar-refractivity contribution >= 4 is 11.9 Å². The topological polar surface area (TPSA) is 118 Å². The maximum Gasteiger partial charge on any atom is 0.352 e. The summed E-state index contributed by atoms with van der Waals surface area (Å²) in [6, 6.07) is 0. The van der Waals surface area contributed by atoms with Gasteiger partial charge >= 0.3 is 11.9 Å². The van der Waals surface area contributed by atoms with Crippen molar-refractivity contribution in [1.82, 2.24) is 4.90 Å². The number of aliphatic hydroxyl groups excluding tert-OH is 2. The molecule has 0 bridgehead atoms. The average molecular weight is 219 g/mol. The van der Waals surface area contributed by atoms with Crippen molar-refractivity contribution in [1.29, 1.82) is 0 Å². The maximum absolute atomic E-state index is 10.7. The Morgan fingerprint density at radius 2 is 1.53 bits per heavy atom. The SMILES string of the molecule is O=C(O)/C=C(/C(=O)O)N(CCO)CCO.